The van der Waals surface area contributed by atoms with Gasteiger partial charge in [0.25, 0.3) is 0 Å². The Labute approximate surface area is 213 Å². The molecule has 2 aromatic rings. The van der Waals surface area contributed by atoms with Gasteiger partial charge in [0, 0.05) is 52.0 Å². The lowest BCUT2D eigenvalue weighted by atomic mass is 10.1. The highest BCUT2D eigenvalue weighted by Crippen LogP contribution is 2.29. The third-order valence-corrected chi connectivity index (χ3v) is 6.57. The SMILES string of the molecule is CN=C(NCc1ccnc(OCC2CC2)c1)N1CC2OCCN(Cc3ccccc3)C2C1.I. The second-order valence-corrected chi connectivity index (χ2v) is 9.00. The molecule has 1 aromatic heterocycles. The first-order valence-electron chi connectivity index (χ1n) is 11.7. The van der Waals surface area contributed by atoms with E-state index < -0.39 is 0 Å². The highest BCUT2D eigenvalue weighted by molar-refractivity contribution is 14.0. The number of rotatable bonds is 7. The molecule has 33 heavy (non-hydrogen) atoms. The van der Waals surface area contributed by atoms with Crippen LogP contribution in [0, 0.1) is 5.92 Å². The predicted molar refractivity (Wildman–Crippen MR) is 140 cm³/mol. The normalized spacial score (nSPS) is 23.1. The number of aromatic nitrogens is 1. The fraction of sp³-hybridized carbons (Fsp3) is 0.520. The number of hydrogen-bond donors (Lipinski definition) is 1. The summed E-state index contributed by atoms with van der Waals surface area (Å²) in [6.07, 6.45) is 4.60. The molecule has 3 aliphatic rings. The van der Waals surface area contributed by atoms with Crippen molar-refractivity contribution in [2.45, 2.75) is 38.1 Å². The maximum atomic E-state index is 6.13. The molecule has 2 aliphatic heterocycles. The summed E-state index contributed by atoms with van der Waals surface area (Å²) >= 11 is 0. The van der Waals surface area contributed by atoms with Crippen LogP contribution in [0.1, 0.15) is 24.0 Å². The number of benzene rings is 1. The minimum Gasteiger partial charge on any atom is -0.477 e. The van der Waals surface area contributed by atoms with Crippen molar-refractivity contribution in [3.8, 4) is 5.88 Å². The van der Waals surface area contributed by atoms with Crippen LogP contribution in [-0.2, 0) is 17.8 Å². The van der Waals surface area contributed by atoms with Crippen molar-refractivity contribution in [3.63, 3.8) is 0 Å². The van der Waals surface area contributed by atoms with Gasteiger partial charge in [0.1, 0.15) is 0 Å². The van der Waals surface area contributed by atoms with Gasteiger partial charge in [-0.25, -0.2) is 4.98 Å². The van der Waals surface area contributed by atoms with Crippen molar-refractivity contribution >= 4 is 29.9 Å². The molecule has 3 fully saturated rings. The fourth-order valence-electron chi connectivity index (χ4n) is 4.59. The van der Waals surface area contributed by atoms with E-state index in [9.17, 15) is 0 Å². The van der Waals surface area contributed by atoms with Gasteiger partial charge in [0.15, 0.2) is 5.96 Å². The Balaban J connectivity index is 0.00000259. The fourth-order valence-corrected chi connectivity index (χ4v) is 4.59. The number of fused-ring (bicyclic) bond motifs is 1. The zero-order valence-corrected chi connectivity index (χ0v) is 21.6. The van der Waals surface area contributed by atoms with Gasteiger partial charge in [-0.3, -0.25) is 9.89 Å². The lowest BCUT2D eigenvalue weighted by molar-refractivity contribution is -0.0502. The van der Waals surface area contributed by atoms with E-state index in [1.165, 1.54) is 18.4 Å². The molecule has 0 radical (unpaired) electrons. The van der Waals surface area contributed by atoms with Crippen LogP contribution < -0.4 is 10.1 Å². The van der Waals surface area contributed by atoms with Crippen LogP contribution in [0.25, 0.3) is 0 Å². The molecule has 0 bridgehead atoms. The first-order chi connectivity index (χ1) is 15.8. The average Bonchev–Trinajstić information content (AvgIpc) is 3.56. The molecule has 1 aromatic carbocycles. The van der Waals surface area contributed by atoms with Crippen LogP contribution in [-0.4, -0.2) is 72.8 Å². The van der Waals surface area contributed by atoms with E-state index in [4.69, 9.17) is 9.47 Å². The minimum absolute atomic E-state index is 0. The Morgan fingerprint density at radius 3 is 2.82 bits per heavy atom. The lowest BCUT2D eigenvalue weighted by Crippen LogP contribution is -2.50. The Hall–Kier alpha value is -1.91. The van der Waals surface area contributed by atoms with Crippen LogP contribution in [0.15, 0.2) is 53.7 Å². The van der Waals surface area contributed by atoms with Crippen molar-refractivity contribution < 1.29 is 9.47 Å². The summed E-state index contributed by atoms with van der Waals surface area (Å²) in [6, 6.07) is 15.1. The Morgan fingerprint density at radius 2 is 2.03 bits per heavy atom. The predicted octanol–water partition coefficient (Wildman–Crippen LogP) is 3.15. The van der Waals surface area contributed by atoms with Gasteiger partial charge in [-0.2, -0.15) is 0 Å². The summed E-state index contributed by atoms with van der Waals surface area (Å²) < 4.78 is 12.0. The van der Waals surface area contributed by atoms with Crippen molar-refractivity contribution in [1.82, 2.24) is 20.1 Å². The number of ether oxygens (including phenoxy) is 2. The van der Waals surface area contributed by atoms with Gasteiger partial charge in [-0.15, -0.1) is 24.0 Å². The van der Waals surface area contributed by atoms with E-state index in [1.807, 2.05) is 25.4 Å². The van der Waals surface area contributed by atoms with Crippen LogP contribution in [0.2, 0.25) is 0 Å². The topological polar surface area (TPSA) is 62.2 Å². The first-order valence-corrected chi connectivity index (χ1v) is 11.7. The highest BCUT2D eigenvalue weighted by Gasteiger charge is 2.41. The largest absolute Gasteiger partial charge is 0.477 e. The van der Waals surface area contributed by atoms with Crippen molar-refractivity contribution in [3.05, 3.63) is 59.8 Å². The van der Waals surface area contributed by atoms with Gasteiger partial charge in [0.2, 0.25) is 5.88 Å². The van der Waals surface area contributed by atoms with Crippen LogP contribution in [0.5, 0.6) is 5.88 Å². The maximum absolute atomic E-state index is 6.13. The molecule has 178 valence electrons. The minimum atomic E-state index is 0. The summed E-state index contributed by atoms with van der Waals surface area (Å²) in [7, 11) is 1.85. The molecule has 2 unspecified atom stereocenters. The standard InChI is InChI=1S/C25H33N5O2.HI/c1-26-25(28-14-21-9-10-27-24(13-21)32-18-20-7-8-20)30-16-22-23(17-30)31-12-11-29(22)15-19-5-3-2-4-6-19;/h2-6,9-10,13,20,22-23H,7-8,11-12,14-18H2,1H3,(H,26,28);1H. The number of morpholine rings is 1. The molecular weight excluding hydrogens is 529 g/mol. The summed E-state index contributed by atoms with van der Waals surface area (Å²) in [5.41, 5.74) is 2.50. The van der Waals surface area contributed by atoms with Gasteiger partial charge < -0.3 is 19.7 Å². The van der Waals surface area contributed by atoms with Crippen LogP contribution in [0.3, 0.4) is 0 Å². The van der Waals surface area contributed by atoms with Crippen LogP contribution >= 0.6 is 24.0 Å². The van der Waals surface area contributed by atoms with E-state index in [0.717, 1.165) is 56.8 Å². The lowest BCUT2D eigenvalue weighted by Gasteiger charge is -2.36. The summed E-state index contributed by atoms with van der Waals surface area (Å²) in [5.74, 6) is 2.35. The summed E-state index contributed by atoms with van der Waals surface area (Å²) in [5, 5.41) is 3.52. The van der Waals surface area contributed by atoms with Crippen LogP contribution in [0.4, 0.5) is 0 Å². The summed E-state index contributed by atoms with van der Waals surface area (Å²) in [6.45, 7) is 5.97. The molecular formula is C25H34IN5O2. The maximum Gasteiger partial charge on any atom is 0.213 e. The molecule has 8 heteroatoms. The zero-order chi connectivity index (χ0) is 21.8. The third kappa shape index (κ3) is 6.36. The van der Waals surface area contributed by atoms with E-state index in [0.29, 0.717) is 18.5 Å². The van der Waals surface area contributed by atoms with E-state index in [1.54, 1.807) is 0 Å². The second kappa shape index (κ2) is 11.5. The quantitative estimate of drug-likeness (QED) is 0.318. The van der Waals surface area contributed by atoms with Crippen molar-refractivity contribution in [2.75, 3.05) is 39.9 Å². The molecule has 1 aliphatic carbocycles. The molecule has 0 spiro atoms. The second-order valence-electron chi connectivity index (χ2n) is 9.00. The first kappa shape index (κ1) is 24.2. The molecule has 0 amide bonds. The highest BCUT2D eigenvalue weighted by atomic mass is 127. The number of aliphatic imine (C=N–C) groups is 1. The smallest absolute Gasteiger partial charge is 0.213 e. The van der Waals surface area contributed by atoms with Gasteiger partial charge in [0.05, 0.1) is 25.4 Å². The van der Waals surface area contributed by atoms with E-state index >= 15 is 0 Å². The summed E-state index contributed by atoms with van der Waals surface area (Å²) in [4.78, 5) is 13.8. The number of guanidine groups is 1. The number of pyridine rings is 1. The Morgan fingerprint density at radius 1 is 1.18 bits per heavy atom. The molecule has 2 saturated heterocycles. The molecule has 7 nitrogen and oxygen atoms in total. The number of likely N-dealkylation sites (tertiary alicyclic amines) is 1. The Kier molecular flexibility index (Phi) is 8.43. The van der Waals surface area contributed by atoms with E-state index in [-0.39, 0.29) is 30.1 Å². The molecule has 1 N–H and O–H groups in total. The third-order valence-electron chi connectivity index (χ3n) is 6.57. The van der Waals surface area contributed by atoms with Crippen molar-refractivity contribution in [1.29, 1.82) is 0 Å². The monoisotopic (exact) mass is 563 g/mol. The average molecular weight is 563 g/mol. The zero-order valence-electron chi connectivity index (χ0n) is 19.2. The molecule has 3 heterocycles. The molecule has 5 rings (SSSR count). The van der Waals surface area contributed by atoms with Gasteiger partial charge >= 0.3 is 0 Å². The van der Waals surface area contributed by atoms with E-state index in [2.05, 4.69) is 55.4 Å². The Bertz CT molecular complexity index is 924. The molecule has 1 saturated carbocycles. The number of nitrogens with one attached hydrogen (secondary N) is 1. The number of hydrogen-bond acceptors (Lipinski definition) is 5. The van der Waals surface area contributed by atoms with Gasteiger partial charge in [-0.1, -0.05) is 30.3 Å². The van der Waals surface area contributed by atoms with Gasteiger partial charge in [-0.05, 0) is 36.0 Å². The number of halogens is 1. The number of nitrogens with zero attached hydrogens (tertiary/aromatic N) is 4. The van der Waals surface area contributed by atoms with Crippen molar-refractivity contribution in [2.24, 2.45) is 10.9 Å². The molecule has 2 atom stereocenters.